The van der Waals surface area contributed by atoms with Crippen LogP contribution in [0.25, 0.3) is 11.4 Å². The fourth-order valence-electron chi connectivity index (χ4n) is 1.88. The Labute approximate surface area is 140 Å². The summed E-state index contributed by atoms with van der Waals surface area (Å²) in [6, 6.07) is 7.15. The number of halogens is 2. The van der Waals surface area contributed by atoms with E-state index in [1.165, 1.54) is 6.20 Å². The molecule has 0 fully saturated rings. The molecule has 7 nitrogen and oxygen atoms in total. The predicted octanol–water partition coefficient (Wildman–Crippen LogP) is 2.78. The second-order valence-electron chi connectivity index (χ2n) is 4.62. The Morgan fingerprint density at radius 1 is 1.22 bits per heavy atom. The third-order valence-electron chi connectivity index (χ3n) is 3.02. The van der Waals surface area contributed by atoms with Crippen LogP contribution in [0.5, 0.6) is 0 Å². The Morgan fingerprint density at radius 2 is 2.00 bits per heavy atom. The van der Waals surface area contributed by atoms with Crippen molar-refractivity contribution < 1.29 is 4.52 Å². The maximum Gasteiger partial charge on any atom is 0.285 e. The minimum Gasteiger partial charge on any atom is -0.382 e. The van der Waals surface area contributed by atoms with Crippen molar-refractivity contribution in [3.63, 3.8) is 0 Å². The van der Waals surface area contributed by atoms with Gasteiger partial charge in [-0.15, -0.1) is 0 Å². The minimum absolute atomic E-state index is 0.0624. The molecular formula is C14H11Cl2N5O2. The summed E-state index contributed by atoms with van der Waals surface area (Å²) in [7, 11) is 0. The van der Waals surface area contributed by atoms with Gasteiger partial charge in [0.1, 0.15) is 5.02 Å². The van der Waals surface area contributed by atoms with Gasteiger partial charge in [-0.2, -0.15) is 10.1 Å². The van der Waals surface area contributed by atoms with Crippen molar-refractivity contribution >= 4 is 28.9 Å². The highest BCUT2D eigenvalue weighted by Crippen LogP contribution is 2.19. The van der Waals surface area contributed by atoms with Crippen LogP contribution < -0.4 is 10.9 Å². The van der Waals surface area contributed by atoms with E-state index < -0.39 is 5.56 Å². The molecule has 3 rings (SSSR count). The summed E-state index contributed by atoms with van der Waals surface area (Å²) in [6.45, 7) is 0.465. The normalized spacial score (nSPS) is 10.7. The predicted molar refractivity (Wildman–Crippen MR) is 86.8 cm³/mol. The van der Waals surface area contributed by atoms with Crippen LogP contribution in [0.2, 0.25) is 10.0 Å². The Kier molecular flexibility index (Phi) is 4.59. The van der Waals surface area contributed by atoms with Crippen LogP contribution in [0.4, 0.5) is 5.69 Å². The summed E-state index contributed by atoms with van der Waals surface area (Å²) in [5.74, 6) is 0.962. The van der Waals surface area contributed by atoms with Crippen LogP contribution in [0, 0.1) is 0 Å². The van der Waals surface area contributed by atoms with E-state index in [1.807, 2.05) is 12.1 Å². The van der Waals surface area contributed by atoms with E-state index in [2.05, 4.69) is 25.7 Å². The van der Waals surface area contributed by atoms with E-state index in [-0.39, 0.29) is 5.02 Å². The van der Waals surface area contributed by atoms with E-state index in [9.17, 15) is 4.79 Å². The molecule has 0 aliphatic carbocycles. The molecule has 0 aliphatic rings. The summed E-state index contributed by atoms with van der Waals surface area (Å²) < 4.78 is 5.19. The van der Waals surface area contributed by atoms with Crippen molar-refractivity contribution in [2.45, 2.75) is 6.42 Å². The summed E-state index contributed by atoms with van der Waals surface area (Å²) in [6.07, 6.45) is 1.92. The number of rotatable bonds is 5. The van der Waals surface area contributed by atoms with E-state index in [0.29, 0.717) is 35.4 Å². The molecule has 2 aromatic heterocycles. The number of nitrogens with one attached hydrogen (secondary N) is 2. The van der Waals surface area contributed by atoms with Gasteiger partial charge < -0.3 is 9.84 Å². The SMILES string of the molecule is O=c1[nH]ncc(NCCc2nc(-c3ccc(Cl)cc3)no2)c1Cl. The fraction of sp³-hybridized carbons (Fsp3) is 0.143. The van der Waals surface area contributed by atoms with Crippen LogP contribution >= 0.6 is 23.2 Å². The quantitative estimate of drug-likeness (QED) is 0.733. The largest absolute Gasteiger partial charge is 0.382 e. The topological polar surface area (TPSA) is 96.7 Å². The zero-order valence-electron chi connectivity index (χ0n) is 11.7. The first kappa shape index (κ1) is 15.5. The molecule has 0 saturated heterocycles. The number of hydrogen-bond acceptors (Lipinski definition) is 6. The fourth-order valence-corrected chi connectivity index (χ4v) is 2.17. The van der Waals surface area contributed by atoms with Gasteiger partial charge in [0.25, 0.3) is 5.56 Å². The minimum atomic E-state index is -0.445. The van der Waals surface area contributed by atoms with Crippen LogP contribution in [0.15, 0.2) is 39.8 Å². The van der Waals surface area contributed by atoms with Crippen molar-refractivity contribution in [2.24, 2.45) is 0 Å². The molecule has 0 spiro atoms. The molecule has 0 saturated carbocycles. The lowest BCUT2D eigenvalue weighted by molar-refractivity contribution is 0.381. The van der Waals surface area contributed by atoms with Gasteiger partial charge in [0.15, 0.2) is 0 Å². The number of hydrogen-bond donors (Lipinski definition) is 2. The molecule has 0 radical (unpaired) electrons. The Hall–Kier alpha value is -2.38. The van der Waals surface area contributed by atoms with Crippen LogP contribution in [0.3, 0.4) is 0 Å². The number of benzene rings is 1. The molecule has 2 N–H and O–H groups in total. The van der Waals surface area contributed by atoms with Crippen LogP contribution in [-0.4, -0.2) is 26.9 Å². The highest BCUT2D eigenvalue weighted by molar-refractivity contribution is 6.32. The lowest BCUT2D eigenvalue weighted by Gasteiger charge is -2.04. The second kappa shape index (κ2) is 6.80. The van der Waals surface area contributed by atoms with Gasteiger partial charge in [-0.1, -0.05) is 28.4 Å². The molecule has 23 heavy (non-hydrogen) atoms. The molecule has 3 aromatic rings. The first-order chi connectivity index (χ1) is 11.1. The second-order valence-corrected chi connectivity index (χ2v) is 5.44. The number of aromatic nitrogens is 4. The van der Waals surface area contributed by atoms with Crippen molar-refractivity contribution in [2.75, 3.05) is 11.9 Å². The van der Waals surface area contributed by atoms with Crippen LogP contribution in [-0.2, 0) is 6.42 Å². The average molecular weight is 352 g/mol. The van der Waals surface area contributed by atoms with Crippen molar-refractivity contribution in [3.8, 4) is 11.4 Å². The van der Waals surface area contributed by atoms with Gasteiger partial charge in [-0.25, -0.2) is 5.10 Å². The van der Waals surface area contributed by atoms with Gasteiger partial charge in [-0.3, -0.25) is 4.79 Å². The van der Waals surface area contributed by atoms with E-state index in [0.717, 1.165) is 5.56 Å². The lowest BCUT2D eigenvalue weighted by atomic mass is 10.2. The Morgan fingerprint density at radius 3 is 2.78 bits per heavy atom. The number of anilines is 1. The van der Waals surface area contributed by atoms with Gasteiger partial charge in [0.05, 0.1) is 11.9 Å². The molecule has 0 amide bonds. The summed E-state index contributed by atoms with van der Waals surface area (Å²) in [5.41, 5.74) is 0.825. The Bertz CT molecular complexity index is 860. The number of nitrogens with zero attached hydrogens (tertiary/aromatic N) is 3. The van der Waals surface area contributed by atoms with Crippen molar-refractivity contribution in [3.05, 3.63) is 56.8 Å². The zero-order chi connectivity index (χ0) is 16.2. The highest BCUT2D eigenvalue weighted by atomic mass is 35.5. The number of H-pyrrole nitrogens is 1. The van der Waals surface area contributed by atoms with Crippen LogP contribution in [0.1, 0.15) is 5.89 Å². The molecule has 0 unspecified atom stereocenters. The van der Waals surface area contributed by atoms with Crippen molar-refractivity contribution in [1.82, 2.24) is 20.3 Å². The van der Waals surface area contributed by atoms with E-state index >= 15 is 0 Å². The third-order valence-corrected chi connectivity index (χ3v) is 3.65. The molecule has 9 heteroatoms. The lowest BCUT2D eigenvalue weighted by Crippen LogP contribution is -2.13. The standard InChI is InChI=1S/C14H11Cl2N5O2/c15-9-3-1-8(2-4-9)13-19-11(23-21-13)5-6-17-10-7-18-20-14(22)12(10)16/h1-4,7H,5-6H2,(H2,17,20,22). The maximum atomic E-state index is 11.3. The molecule has 118 valence electrons. The highest BCUT2D eigenvalue weighted by Gasteiger charge is 2.09. The third kappa shape index (κ3) is 3.69. The summed E-state index contributed by atoms with van der Waals surface area (Å²) >= 11 is 11.7. The number of aromatic amines is 1. The summed E-state index contributed by atoms with van der Waals surface area (Å²) in [5, 5.41) is 13.5. The Balaban J connectivity index is 1.62. The molecule has 0 aliphatic heterocycles. The molecule has 2 heterocycles. The first-order valence-corrected chi connectivity index (χ1v) is 7.44. The molecule has 0 bridgehead atoms. The van der Waals surface area contributed by atoms with Gasteiger partial charge in [0.2, 0.25) is 11.7 Å². The molecule has 1 aromatic carbocycles. The zero-order valence-corrected chi connectivity index (χ0v) is 13.2. The van der Waals surface area contributed by atoms with E-state index in [4.69, 9.17) is 27.7 Å². The first-order valence-electron chi connectivity index (χ1n) is 6.69. The monoisotopic (exact) mass is 351 g/mol. The molecule has 0 atom stereocenters. The van der Waals surface area contributed by atoms with Gasteiger partial charge in [0, 0.05) is 23.6 Å². The molecular weight excluding hydrogens is 341 g/mol. The van der Waals surface area contributed by atoms with Gasteiger partial charge in [-0.05, 0) is 24.3 Å². The van der Waals surface area contributed by atoms with Crippen molar-refractivity contribution in [1.29, 1.82) is 0 Å². The smallest absolute Gasteiger partial charge is 0.285 e. The average Bonchev–Trinajstić information content (AvgIpc) is 3.01. The van der Waals surface area contributed by atoms with Gasteiger partial charge >= 0.3 is 0 Å². The summed E-state index contributed by atoms with van der Waals surface area (Å²) in [4.78, 5) is 15.6. The van der Waals surface area contributed by atoms with E-state index in [1.54, 1.807) is 12.1 Å². The maximum absolute atomic E-state index is 11.3.